The molecule has 2 heterocycles. The second-order valence-electron chi connectivity index (χ2n) is 4.56. The molecule has 1 aromatic rings. The molecule has 1 N–H and O–H groups in total. The van der Waals surface area contributed by atoms with E-state index in [1.165, 1.54) is 0 Å². The van der Waals surface area contributed by atoms with Crippen molar-refractivity contribution >= 4 is 5.82 Å². The second-order valence-corrected chi connectivity index (χ2v) is 4.56. The van der Waals surface area contributed by atoms with Crippen molar-refractivity contribution in [3.8, 4) is 0 Å². The Kier molecular flexibility index (Phi) is 4.90. The van der Waals surface area contributed by atoms with Gasteiger partial charge in [-0.2, -0.15) is 0 Å². The Morgan fingerprint density at radius 1 is 1.39 bits per heavy atom. The van der Waals surface area contributed by atoms with E-state index in [1.807, 2.05) is 13.1 Å². The first-order valence-electron chi connectivity index (χ1n) is 6.70. The highest BCUT2D eigenvalue weighted by molar-refractivity contribution is 5.30. The molecule has 1 atom stereocenters. The lowest BCUT2D eigenvalue weighted by Gasteiger charge is -2.32. The van der Waals surface area contributed by atoms with Crippen LogP contribution in [0.1, 0.15) is 26.0 Å². The highest BCUT2D eigenvalue weighted by Crippen LogP contribution is 2.11. The maximum atomic E-state index is 5.66. The Bertz CT molecular complexity index is 355. The van der Waals surface area contributed by atoms with Crippen molar-refractivity contribution < 1.29 is 4.74 Å². The van der Waals surface area contributed by atoms with Crippen LogP contribution in [-0.2, 0) is 11.3 Å². The predicted octanol–water partition coefficient (Wildman–Crippen LogP) is 1.52. The average molecular weight is 250 g/mol. The molecule has 5 heteroatoms. The molecule has 0 bridgehead atoms. The third-order valence-electron chi connectivity index (χ3n) is 3.13. The molecule has 1 saturated heterocycles. The van der Waals surface area contributed by atoms with Gasteiger partial charge in [-0.3, -0.25) is 9.88 Å². The summed E-state index contributed by atoms with van der Waals surface area (Å²) in [4.78, 5) is 11.2. The third kappa shape index (κ3) is 3.65. The number of nitrogens with one attached hydrogen (secondary N) is 1. The normalized spacial score (nSPS) is 20.9. The van der Waals surface area contributed by atoms with E-state index in [1.54, 1.807) is 6.20 Å². The Labute approximate surface area is 109 Å². The molecule has 1 unspecified atom stereocenters. The molecular weight excluding hydrogens is 228 g/mol. The van der Waals surface area contributed by atoms with Crippen molar-refractivity contribution in [1.82, 2.24) is 14.9 Å². The summed E-state index contributed by atoms with van der Waals surface area (Å²) in [5, 5.41) is 3.15. The molecule has 0 saturated carbocycles. The van der Waals surface area contributed by atoms with E-state index in [0.29, 0.717) is 6.10 Å². The molecule has 1 fully saturated rings. The Balaban J connectivity index is 1.88. The number of nitrogens with zero attached hydrogens (tertiary/aromatic N) is 3. The smallest absolute Gasteiger partial charge is 0.144 e. The third-order valence-corrected chi connectivity index (χ3v) is 3.13. The van der Waals surface area contributed by atoms with Crippen LogP contribution < -0.4 is 5.32 Å². The fourth-order valence-corrected chi connectivity index (χ4v) is 2.11. The van der Waals surface area contributed by atoms with Crippen LogP contribution in [0.2, 0.25) is 0 Å². The fourth-order valence-electron chi connectivity index (χ4n) is 2.11. The predicted molar refractivity (Wildman–Crippen MR) is 71.5 cm³/mol. The molecule has 100 valence electrons. The standard InChI is InChI=1S/C13H22N4O/c1-3-12-10-17(5-6-18-12)9-11-7-16-13(8-15-11)14-4-2/h7-8,12H,3-6,9-10H2,1-2H3,(H,14,16). The van der Waals surface area contributed by atoms with Crippen molar-refractivity contribution in [2.75, 3.05) is 31.6 Å². The van der Waals surface area contributed by atoms with Crippen LogP contribution >= 0.6 is 0 Å². The molecule has 0 radical (unpaired) electrons. The molecule has 2 rings (SSSR count). The van der Waals surface area contributed by atoms with Gasteiger partial charge >= 0.3 is 0 Å². The minimum absolute atomic E-state index is 0.368. The van der Waals surface area contributed by atoms with Gasteiger partial charge in [-0.1, -0.05) is 6.92 Å². The van der Waals surface area contributed by atoms with E-state index in [4.69, 9.17) is 4.74 Å². The van der Waals surface area contributed by atoms with Gasteiger partial charge in [0.05, 0.1) is 30.8 Å². The number of hydrogen-bond donors (Lipinski definition) is 1. The number of anilines is 1. The van der Waals surface area contributed by atoms with Crippen LogP contribution in [0.5, 0.6) is 0 Å². The van der Waals surface area contributed by atoms with Gasteiger partial charge in [0.25, 0.3) is 0 Å². The zero-order valence-electron chi connectivity index (χ0n) is 11.2. The van der Waals surface area contributed by atoms with Crippen LogP contribution in [0.25, 0.3) is 0 Å². The zero-order chi connectivity index (χ0) is 12.8. The molecule has 0 aromatic carbocycles. The van der Waals surface area contributed by atoms with Crippen LogP contribution in [0.3, 0.4) is 0 Å². The molecule has 5 nitrogen and oxygen atoms in total. The van der Waals surface area contributed by atoms with Crippen molar-refractivity contribution in [2.24, 2.45) is 0 Å². The van der Waals surface area contributed by atoms with Crippen LogP contribution in [0, 0.1) is 0 Å². The van der Waals surface area contributed by atoms with Crippen molar-refractivity contribution in [1.29, 1.82) is 0 Å². The van der Waals surface area contributed by atoms with Gasteiger partial charge in [0.2, 0.25) is 0 Å². The van der Waals surface area contributed by atoms with Crippen molar-refractivity contribution in [3.05, 3.63) is 18.1 Å². The van der Waals surface area contributed by atoms with Gasteiger partial charge in [-0.05, 0) is 13.3 Å². The fraction of sp³-hybridized carbons (Fsp3) is 0.692. The summed E-state index contributed by atoms with van der Waals surface area (Å²) in [7, 11) is 0. The summed E-state index contributed by atoms with van der Waals surface area (Å²) in [6, 6.07) is 0. The number of ether oxygens (including phenoxy) is 1. The van der Waals surface area contributed by atoms with Crippen LogP contribution in [-0.4, -0.2) is 47.2 Å². The first-order valence-corrected chi connectivity index (χ1v) is 6.70. The minimum Gasteiger partial charge on any atom is -0.376 e. The molecule has 0 aliphatic carbocycles. The summed E-state index contributed by atoms with van der Waals surface area (Å²) >= 11 is 0. The quantitative estimate of drug-likeness (QED) is 0.858. The van der Waals surface area contributed by atoms with E-state index in [2.05, 4.69) is 27.1 Å². The number of aromatic nitrogens is 2. The largest absolute Gasteiger partial charge is 0.376 e. The lowest BCUT2D eigenvalue weighted by Crippen LogP contribution is -2.41. The lowest BCUT2D eigenvalue weighted by molar-refractivity contribution is -0.0328. The lowest BCUT2D eigenvalue weighted by atomic mass is 10.2. The van der Waals surface area contributed by atoms with Gasteiger partial charge in [0.1, 0.15) is 5.82 Å². The number of rotatable bonds is 5. The first kappa shape index (κ1) is 13.2. The second kappa shape index (κ2) is 6.66. The molecule has 18 heavy (non-hydrogen) atoms. The van der Waals surface area contributed by atoms with Gasteiger partial charge in [0.15, 0.2) is 0 Å². The molecule has 1 aliphatic heterocycles. The van der Waals surface area contributed by atoms with Crippen molar-refractivity contribution in [2.45, 2.75) is 32.9 Å². The highest BCUT2D eigenvalue weighted by Gasteiger charge is 2.19. The zero-order valence-corrected chi connectivity index (χ0v) is 11.2. The summed E-state index contributed by atoms with van der Waals surface area (Å²) < 4.78 is 5.66. The summed E-state index contributed by atoms with van der Waals surface area (Å²) in [6.45, 7) is 8.74. The Hall–Kier alpha value is -1.20. The minimum atomic E-state index is 0.368. The molecule has 1 aromatic heterocycles. The summed E-state index contributed by atoms with van der Waals surface area (Å²) in [5.74, 6) is 0.842. The Morgan fingerprint density at radius 2 is 2.28 bits per heavy atom. The van der Waals surface area contributed by atoms with E-state index < -0.39 is 0 Å². The Morgan fingerprint density at radius 3 is 2.94 bits per heavy atom. The molecular formula is C13H22N4O. The number of morpholine rings is 1. The summed E-state index contributed by atoms with van der Waals surface area (Å²) in [6.07, 6.45) is 5.10. The first-order chi connectivity index (χ1) is 8.81. The van der Waals surface area contributed by atoms with E-state index >= 15 is 0 Å². The molecule has 0 amide bonds. The average Bonchev–Trinajstić information content (AvgIpc) is 2.42. The molecule has 0 spiro atoms. The van der Waals surface area contributed by atoms with Crippen LogP contribution in [0.4, 0.5) is 5.82 Å². The van der Waals surface area contributed by atoms with Gasteiger partial charge < -0.3 is 10.1 Å². The monoisotopic (exact) mass is 250 g/mol. The summed E-state index contributed by atoms with van der Waals surface area (Å²) in [5.41, 5.74) is 1.02. The van der Waals surface area contributed by atoms with E-state index in [-0.39, 0.29) is 0 Å². The number of hydrogen-bond acceptors (Lipinski definition) is 5. The van der Waals surface area contributed by atoms with Gasteiger partial charge in [-0.15, -0.1) is 0 Å². The van der Waals surface area contributed by atoms with Gasteiger partial charge in [0, 0.05) is 26.2 Å². The highest BCUT2D eigenvalue weighted by atomic mass is 16.5. The maximum Gasteiger partial charge on any atom is 0.144 e. The topological polar surface area (TPSA) is 50.3 Å². The van der Waals surface area contributed by atoms with Crippen molar-refractivity contribution in [3.63, 3.8) is 0 Å². The van der Waals surface area contributed by atoms with Gasteiger partial charge in [-0.25, -0.2) is 4.98 Å². The van der Waals surface area contributed by atoms with Crippen LogP contribution in [0.15, 0.2) is 12.4 Å². The van der Waals surface area contributed by atoms with E-state index in [0.717, 1.165) is 50.7 Å². The SMILES string of the molecule is CCNc1cnc(CN2CCOC(CC)C2)cn1. The maximum absolute atomic E-state index is 5.66. The molecule has 1 aliphatic rings. The van der Waals surface area contributed by atoms with E-state index in [9.17, 15) is 0 Å².